The lowest BCUT2D eigenvalue weighted by Gasteiger charge is -2.39. The van der Waals surface area contributed by atoms with Crippen LogP contribution in [-0.4, -0.2) is 23.3 Å². The minimum atomic E-state index is -0.327. The van der Waals surface area contributed by atoms with Crippen LogP contribution in [0.1, 0.15) is 47.0 Å². The second-order valence-corrected chi connectivity index (χ2v) is 5.66. The first kappa shape index (κ1) is 12.5. The van der Waals surface area contributed by atoms with Crippen LogP contribution in [0, 0.1) is 11.3 Å². The van der Waals surface area contributed by atoms with Crippen molar-refractivity contribution in [2.24, 2.45) is 11.3 Å². The van der Waals surface area contributed by atoms with E-state index in [1.165, 1.54) is 6.92 Å². The molecule has 0 bridgehead atoms. The Labute approximate surface area is 91.8 Å². The zero-order valence-electron chi connectivity index (χ0n) is 10.1. The van der Waals surface area contributed by atoms with E-state index in [-0.39, 0.29) is 23.6 Å². The molecule has 0 aromatic heterocycles. The summed E-state index contributed by atoms with van der Waals surface area (Å²) >= 11 is 0. The predicted molar refractivity (Wildman–Crippen MR) is 58.4 cm³/mol. The Bertz CT molecular complexity index is 230. The van der Waals surface area contributed by atoms with Crippen LogP contribution in [0.25, 0.3) is 0 Å². The number of rotatable bonds is 1. The molecule has 3 heteroatoms. The van der Waals surface area contributed by atoms with Gasteiger partial charge in [0.2, 0.25) is 0 Å². The van der Waals surface area contributed by atoms with Crippen LogP contribution in [0.3, 0.4) is 0 Å². The number of aliphatic hydroxyl groups excluding tert-OH is 1. The monoisotopic (exact) mass is 214 g/mol. The van der Waals surface area contributed by atoms with Gasteiger partial charge < -0.3 is 9.84 Å². The molecule has 0 amide bonds. The van der Waals surface area contributed by atoms with Gasteiger partial charge in [0, 0.05) is 13.3 Å². The highest BCUT2D eigenvalue weighted by Crippen LogP contribution is 2.38. The molecule has 0 heterocycles. The van der Waals surface area contributed by atoms with Gasteiger partial charge in [-0.2, -0.15) is 0 Å². The van der Waals surface area contributed by atoms with E-state index in [0.29, 0.717) is 12.3 Å². The fraction of sp³-hybridized carbons (Fsp3) is 0.917. The van der Waals surface area contributed by atoms with Crippen molar-refractivity contribution >= 4 is 5.97 Å². The third-order valence-corrected chi connectivity index (χ3v) is 3.20. The lowest BCUT2D eigenvalue weighted by atomic mass is 9.71. The number of esters is 1. The van der Waals surface area contributed by atoms with Gasteiger partial charge in [-0.3, -0.25) is 4.79 Å². The molecule has 0 saturated heterocycles. The van der Waals surface area contributed by atoms with E-state index in [4.69, 9.17) is 4.74 Å². The zero-order chi connectivity index (χ0) is 11.6. The van der Waals surface area contributed by atoms with Crippen molar-refractivity contribution in [1.29, 1.82) is 0 Å². The van der Waals surface area contributed by atoms with E-state index in [1.54, 1.807) is 0 Å². The van der Waals surface area contributed by atoms with Crippen LogP contribution >= 0.6 is 0 Å². The van der Waals surface area contributed by atoms with Crippen LogP contribution in [0.4, 0.5) is 0 Å². The molecule has 1 saturated carbocycles. The Hall–Kier alpha value is -0.570. The SMILES string of the molecule is CC(=O)O[C@@H]1C[C@H](O)C[C@H](C(C)(C)C)C1. The Morgan fingerprint density at radius 2 is 1.87 bits per heavy atom. The topological polar surface area (TPSA) is 46.5 Å². The van der Waals surface area contributed by atoms with E-state index < -0.39 is 0 Å². The molecular weight excluding hydrogens is 192 g/mol. The molecule has 88 valence electrons. The molecule has 1 aliphatic carbocycles. The first-order chi connectivity index (χ1) is 6.79. The minimum Gasteiger partial charge on any atom is -0.462 e. The molecule has 0 unspecified atom stereocenters. The smallest absolute Gasteiger partial charge is 0.302 e. The molecule has 0 aromatic rings. The van der Waals surface area contributed by atoms with Gasteiger partial charge >= 0.3 is 5.97 Å². The maximum atomic E-state index is 10.9. The van der Waals surface area contributed by atoms with Crippen molar-refractivity contribution in [3.8, 4) is 0 Å². The van der Waals surface area contributed by atoms with Gasteiger partial charge in [0.25, 0.3) is 0 Å². The summed E-state index contributed by atoms with van der Waals surface area (Å²) in [6.07, 6.45) is 1.86. The van der Waals surface area contributed by atoms with E-state index in [2.05, 4.69) is 20.8 Å². The van der Waals surface area contributed by atoms with E-state index in [1.807, 2.05) is 0 Å². The average molecular weight is 214 g/mol. The second-order valence-electron chi connectivity index (χ2n) is 5.66. The molecule has 1 aliphatic rings. The van der Waals surface area contributed by atoms with Crippen LogP contribution in [-0.2, 0) is 9.53 Å². The largest absolute Gasteiger partial charge is 0.462 e. The number of aliphatic hydroxyl groups is 1. The van der Waals surface area contributed by atoms with Crippen LogP contribution in [0.2, 0.25) is 0 Å². The summed E-state index contributed by atoms with van der Waals surface area (Å²) in [6.45, 7) is 7.93. The van der Waals surface area contributed by atoms with Crippen molar-refractivity contribution in [3.63, 3.8) is 0 Å². The summed E-state index contributed by atoms with van der Waals surface area (Å²) < 4.78 is 5.19. The van der Waals surface area contributed by atoms with Crippen molar-refractivity contribution in [2.45, 2.75) is 59.2 Å². The quantitative estimate of drug-likeness (QED) is 0.680. The fourth-order valence-electron chi connectivity index (χ4n) is 2.28. The Balaban J connectivity index is 2.59. The zero-order valence-corrected chi connectivity index (χ0v) is 10.1. The van der Waals surface area contributed by atoms with E-state index in [9.17, 15) is 9.90 Å². The van der Waals surface area contributed by atoms with Crippen LogP contribution in [0.5, 0.6) is 0 Å². The average Bonchev–Trinajstić information content (AvgIpc) is 1.99. The van der Waals surface area contributed by atoms with Gasteiger partial charge in [0.1, 0.15) is 6.10 Å². The molecule has 0 radical (unpaired) electrons. The lowest BCUT2D eigenvalue weighted by molar-refractivity contribution is -0.152. The van der Waals surface area contributed by atoms with Crippen molar-refractivity contribution in [3.05, 3.63) is 0 Å². The van der Waals surface area contributed by atoms with Crippen LogP contribution in [0.15, 0.2) is 0 Å². The summed E-state index contributed by atoms with van der Waals surface area (Å²) in [5.74, 6) is 0.173. The molecule has 15 heavy (non-hydrogen) atoms. The highest BCUT2D eigenvalue weighted by Gasteiger charge is 2.35. The van der Waals surface area contributed by atoms with Gasteiger partial charge in [-0.1, -0.05) is 20.8 Å². The molecule has 3 nitrogen and oxygen atoms in total. The highest BCUT2D eigenvalue weighted by atomic mass is 16.5. The Kier molecular flexibility index (Phi) is 3.77. The standard InChI is InChI=1S/C12H22O3/c1-8(13)15-11-6-9(12(2,3)4)5-10(14)7-11/h9-11,14H,5-7H2,1-4H3/t9-,10+,11-/m0/s1. The maximum Gasteiger partial charge on any atom is 0.302 e. The fourth-order valence-corrected chi connectivity index (χ4v) is 2.28. The van der Waals surface area contributed by atoms with Gasteiger partial charge in [-0.15, -0.1) is 0 Å². The minimum absolute atomic E-state index is 0.101. The normalized spacial score (nSPS) is 32.5. The molecule has 0 spiro atoms. The molecule has 1 fully saturated rings. The molecule has 1 N–H and O–H groups in total. The molecule has 3 atom stereocenters. The van der Waals surface area contributed by atoms with Crippen molar-refractivity contribution in [1.82, 2.24) is 0 Å². The molecule has 0 aliphatic heterocycles. The number of hydrogen-bond acceptors (Lipinski definition) is 3. The van der Waals surface area contributed by atoms with E-state index >= 15 is 0 Å². The van der Waals surface area contributed by atoms with Gasteiger partial charge in [0.15, 0.2) is 0 Å². The number of hydrogen-bond donors (Lipinski definition) is 1. The summed E-state index contributed by atoms with van der Waals surface area (Å²) in [6, 6.07) is 0. The molecule has 1 rings (SSSR count). The number of ether oxygens (including phenoxy) is 1. The predicted octanol–water partition coefficient (Wildman–Crippen LogP) is 2.13. The van der Waals surface area contributed by atoms with E-state index in [0.717, 1.165) is 12.8 Å². The van der Waals surface area contributed by atoms with Crippen LogP contribution < -0.4 is 0 Å². The van der Waals surface area contributed by atoms with Crippen molar-refractivity contribution in [2.75, 3.05) is 0 Å². The summed E-state index contributed by atoms with van der Waals surface area (Å²) in [7, 11) is 0. The van der Waals surface area contributed by atoms with Gasteiger partial charge in [-0.05, 0) is 24.2 Å². The maximum absolute atomic E-state index is 10.9. The van der Waals surface area contributed by atoms with Gasteiger partial charge in [-0.25, -0.2) is 0 Å². The number of carbonyl (C=O) groups excluding carboxylic acids is 1. The molecule has 0 aromatic carbocycles. The molecular formula is C12H22O3. The Morgan fingerprint density at radius 3 is 2.33 bits per heavy atom. The van der Waals surface area contributed by atoms with Crippen molar-refractivity contribution < 1.29 is 14.6 Å². The summed E-state index contributed by atoms with van der Waals surface area (Å²) in [5, 5.41) is 9.73. The number of carbonyl (C=O) groups is 1. The lowest BCUT2D eigenvalue weighted by Crippen LogP contribution is -2.37. The first-order valence-electron chi connectivity index (χ1n) is 5.64. The summed E-state index contributed by atoms with van der Waals surface area (Å²) in [5.41, 5.74) is 0.166. The van der Waals surface area contributed by atoms with Gasteiger partial charge in [0.05, 0.1) is 6.10 Å². The first-order valence-corrected chi connectivity index (χ1v) is 5.64. The highest BCUT2D eigenvalue weighted by molar-refractivity contribution is 5.66. The Morgan fingerprint density at radius 1 is 1.27 bits per heavy atom. The summed E-state index contributed by atoms with van der Waals surface area (Å²) in [4.78, 5) is 10.9. The third kappa shape index (κ3) is 3.82. The third-order valence-electron chi connectivity index (χ3n) is 3.20. The second kappa shape index (κ2) is 4.52.